The van der Waals surface area contributed by atoms with Gasteiger partial charge in [-0.1, -0.05) is 12.7 Å². The van der Waals surface area contributed by atoms with E-state index < -0.39 is 17.1 Å². The van der Waals surface area contributed by atoms with E-state index in [1.165, 1.54) is 6.08 Å². The second kappa shape index (κ2) is 4.06. The molecular weight excluding hydrogens is 214 g/mol. The van der Waals surface area contributed by atoms with Crippen LogP contribution in [-0.2, 0) is 4.74 Å². The maximum Gasteiger partial charge on any atom is 0.165 e. The van der Waals surface area contributed by atoms with Gasteiger partial charge in [0.2, 0.25) is 0 Å². The van der Waals surface area contributed by atoms with Crippen molar-refractivity contribution in [1.82, 2.24) is 0 Å². The van der Waals surface area contributed by atoms with Crippen LogP contribution >= 0.6 is 0 Å². The Morgan fingerprint density at radius 3 is 2.12 bits per heavy atom. The van der Waals surface area contributed by atoms with E-state index >= 15 is 0 Å². The van der Waals surface area contributed by atoms with E-state index in [0.717, 1.165) is 0 Å². The molecule has 0 saturated carbocycles. The Morgan fingerprint density at radius 2 is 1.82 bits per heavy atom. The van der Waals surface area contributed by atoms with Crippen LogP contribution in [0.3, 0.4) is 0 Å². The SMILES string of the molecule is C=CC1(C)OC(C)(C(C#N)C#N)C(C)=C1C#N. The smallest absolute Gasteiger partial charge is 0.165 e. The first kappa shape index (κ1) is 13.0. The molecule has 0 spiro atoms. The summed E-state index contributed by atoms with van der Waals surface area (Å²) in [4.78, 5) is 0. The van der Waals surface area contributed by atoms with E-state index in [9.17, 15) is 0 Å². The van der Waals surface area contributed by atoms with Gasteiger partial charge in [-0.2, -0.15) is 15.8 Å². The molecule has 4 nitrogen and oxygen atoms in total. The summed E-state index contributed by atoms with van der Waals surface area (Å²) in [7, 11) is 0. The van der Waals surface area contributed by atoms with Crippen molar-refractivity contribution < 1.29 is 4.74 Å². The third-order valence-corrected chi connectivity index (χ3v) is 3.35. The van der Waals surface area contributed by atoms with Gasteiger partial charge in [0.15, 0.2) is 5.92 Å². The van der Waals surface area contributed by atoms with Crippen LogP contribution < -0.4 is 0 Å². The van der Waals surface area contributed by atoms with Gasteiger partial charge in [-0.15, -0.1) is 0 Å². The molecule has 0 fully saturated rings. The molecule has 0 radical (unpaired) electrons. The summed E-state index contributed by atoms with van der Waals surface area (Å²) in [5.74, 6) is -0.951. The Bertz CT molecular complexity index is 500. The van der Waals surface area contributed by atoms with E-state index in [0.29, 0.717) is 11.1 Å². The number of rotatable bonds is 2. The van der Waals surface area contributed by atoms with E-state index in [1.54, 1.807) is 20.8 Å². The minimum absolute atomic E-state index is 0.422. The molecular formula is C13H13N3O. The zero-order valence-electron chi connectivity index (χ0n) is 10.1. The second-order valence-electron chi connectivity index (χ2n) is 4.32. The van der Waals surface area contributed by atoms with Crippen molar-refractivity contribution in [2.75, 3.05) is 0 Å². The molecule has 0 N–H and O–H groups in total. The predicted octanol–water partition coefficient (Wildman–Crippen LogP) is 2.22. The zero-order chi connectivity index (χ0) is 13.3. The van der Waals surface area contributed by atoms with Gasteiger partial charge in [-0.3, -0.25) is 0 Å². The normalized spacial score (nSPS) is 31.8. The van der Waals surface area contributed by atoms with Crippen molar-refractivity contribution in [3.05, 3.63) is 23.8 Å². The lowest BCUT2D eigenvalue weighted by atomic mass is 9.83. The molecule has 0 aliphatic carbocycles. The van der Waals surface area contributed by atoms with Gasteiger partial charge in [0.1, 0.15) is 11.2 Å². The standard InChI is InChI=1S/C13H13N3O/c1-5-12(3)11(8-16)9(2)13(4,17-12)10(6-14)7-15/h5,10H,1H2,2-4H3. The highest BCUT2D eigenvalue weighted by atomic mass is 16.5. The first-order chi connectivity index (χ1) is 7.89. The third kappa shape index (κ3) is 1.62. The molecule has 0 aromatic carbocycles. The lowest BCUT2D eigenvalue weighted by Crippen LogP contribution is -2.39. The fraction of sp³-hybridized carbons (Fsp3) is 0.462. The number of ether oxygens (including phenoxy) is 1. The van der Waals surface area contributed by atoms with Crippen molar-refractivity contribution in [3.63, 3.8) is 0 Å². The first-order valence-corrected chi connectivity index (χ1v) is 5.14. The minimum Gasteiger partial charge on any atom is -0.353 e. The number of nitrogens with zero attached hydrogens (tertiary/aromatic N) is 3. The van der Waals surface area contributed by atoms with Crippen molar-refractivity contribution in [2.24, 2.45) is 5.92 Å². The maximum absolute atomic E-state index is 9.16. The largest absolute Gasteiger partial charge is 0.353 e. The number of hydrogen-bond acceptors (Lipinski definition) is 4. The highest BCUT2D eigenvalue weighted by molar-refractivity contribution is 5.48. The third-order valence-electron chi connectivity index (χ3n) is 3.35. The van der Waals surface area contributed by atoms with Crippen LogP contribution in [0, 0.1) is 39.9 Å². The van der Waals surface area contributed by atoms with Gasteiger partial charge in [0, 0.05) is 0 Å². The molecule has 1 aliphatic heterocycles. The van der Waals surface area contributed by atoms with Crippen LogP contribution in [0.5, 0.6) is 0 Å². The summed E-state index contributed by atoms with van der Waals surface area (Å²) < 4.78 is 5.79. The van der Waals surface area contributed by atoms with Crippen LogP contribution in [-0.4, -0.2) is 11.2 Å². The Hall–Kier alpha value is -2.09. The Morgan fingerprint density at radius 1 is 1.29 bits per heavy atom. The summed E-state index contributed by atoms with van der Waals surface area (Å²) in [6, 6.07) is 5.89. The van der Waals surface area contributed by atoms with E-state index in [2.05, 4.69) is 12.6 Å². The fourth-order valence-corrected chi connectivity index (χ4v) is 2.08. The second-order valence-corrected chi connectivity index (χ2v) is 4.32. The minimum atomic E-state index is -1.06. The zero-order valence-corrected chi connectivity index (χ0v) is 10.1. The van der Waals surface area contributed by atoms with E-state index in [-0.39, 0.29) is 0 Å². The predicted molar refractivity (Wildman–Crippen MR) is 61.1 cm³/mol. The summed E-state index contributed by atoms with van der Waals surface area (Å²) in [5, 5.41) is 27.1. The van der Waals surface area contributed by atoms with E-state index in [4.69, 9.17) is 20.5 Å². The Balaban J connectivity index is 3.43. The van der Waals surface area contributed by atoms with Crippen LogP contribution in [0.4, 0.5) is 0 Å². The Labute approximate surface area is 101 Å². The molecule has 1 heterocycles. The van der Waals surface area contributed by atoms with Gasteiger partial charge in [0.05, 0.1) is 23.8 Å². The summed E-state index contributed by atoms with van der Waals surface area (Å²) >= 11 is 0. The van der Waals surface area contributed by atoms with Crippen molar-refractivity contribution in [1.29, 1.82) is 15.8 Å². The maximum atomic E-state index is 9.16. The van der Waals surface area contributed by atoms with Crippen LogP contribution in [0.15, 0.2) is 23.8 Å². The van der Waals surface area contributed by atoms with Crippen LogP contribution in [0.2, 0.25) is 0 Å². The topological polar surface area (TPSA) is 80.6 Å². The monoisotopic (exact) mass is 227 g/mol. The number of nitriles is 3. The highest BCUT2D eigenvalue weighted by Crippen LogP contribution is 2.46. The highest BCUT2D eigenvalue weighted by Gasteiger charge is 2.52. The Kier molecular flexibility index (Phi) is 3.10. The molecule has 2 atom stereocenters. The molecule has 0 amide bonds. The van der Waals surface area contributed by atoms with Gasteiger partial charge < -0.3 is 4.74 Å². The quantitative estimate of drug-likeness (QED) is 0.677. The molecule has 1 rings (SSSR count). The molecule has 0 saturated heterocycles. The van der Waals surface area contributed by atoms with Crippen molar-refractivity contribution >= 4 is 0 Å². The van der Waals surface area contributed by atoms with Crippen molar-refractivity contribution in [2.45, 2.75) is 32.0 Å². The fourth-order valence-electron chi connectivity index (χ4n) is 2.08. The van der Waals surface area contributed by atoms with Crippen LogP contribution in [0.1, 0.15) is 20.8 Å². The van der Waals surface area contributed by atoms with Gasteiger partial charge in [0.25, 0.3) is 0 Å². The molecule has 0 bridgehead atoms. The number of hydrogen-bond donors (Lipinski definition) is 0. The van der Waals surface area contributed by atoms with Gasteiger partial charge in [-0.25, -0.2) is 0 Å². The van der Waals surface area contributed by atoms with Gasteiger partial charge in [-0.05, 0) is 26.3 Å². The lowest BCUT2D eigenvalue weighted by molar-refractivity contribution is -0.0614. The summed E-state index contributed by atoms with van der Waals surface area (Å²) in [6.07, 6.45) is 1.52. The van der Waals surface area contributed by atoms with Gasteiger partial charge >= 0.3 is 0 Å². The molecule has 2 unspecified atom stereocenters. The van der Waals surface area contributed by atoms with Crippen molar-refractivity contribution in [3.8, 4) is 18.2 Å². The van der Waals surface area contributed by atoms with E-state index in [1.807, 2.05) is 12.1 Å². The first-order valence-electron chi connectivity index (χ1n) is 5.14. The molecule has 1 aliphatic rings. The molecule has 17 heavy (non-hydrogen) atoms. The average molecular weight is 227 g/mol. The average Bonchev–Trinajstić information content (AvgIpc) is 2.50. The lowest BCUT2D eigenvalue weighted by Gasteiger charge is -2.31. The van der Waals surface area contributed by atoms with Crippen LogP contribution in [0.25, 0.3) is 0 Å². The molecule has 86 valence electrons. The molecule has 0 aromatic heterocycles. The molecule has 4 heteroatoms. The summed E-state index contributed by atoms with van der Waals surface area (Å²) in [6.45, 7) is 8.73. The summed E-state index contributed by atoms with van der Waals surface area (Å²) in [5.41, 5.74) is -0.946. The molecule has 0 aromatic rings.